The lowest BCUT2D eigenvalue weighted by Gasteiger charge is -2.34. The summed E-state index contributed by atoms with van der Waals surface area (Å²) in [6, 6.07) is 6.82. The van der Waals surface area contributed by atoms with Crippen LogP contribution in [0.25, 0.3) is 0 Å². The van der Waals surface area contributed by atoms with E-state index in [0.29, 0.717) is 25.1 Å². The lowest BCUT2D eigenvalue weighted by Crippen LogP contribution is -2.48. The molecule has 0 spiro atoms. The van der Waals surface area contributed by atoms with E-state index in [9.17, 15) is 9.59 Å². The van der Waals surface area contributed by atoms with Gasteiger partial charge >= 0.3 is 5.97 Å². The maximum Gasteiger partial charge on any atom is 0.328 e. The summed E-state index contributed by atoms with van der Waals surface area (Å²) >= 11 is 3.39. The number of hydrogen-bond donors (Lipinski definition) is 0. The molecule has 1 aromatic rings. The van der Waals surface area contributed by atoms with Gasteiger partial charge in [-0.2, -0.15) is 0 Å². The van der Waals surface area contributed by atoms with Crippen LogP contribution in [0.2, 0.25) is 0 Å². The third-order valence-corrected chi connectivity index (χ3v) is 4.12. The van der Waals surface area contributed by atoms with Gasteiger partial charge in [0.15, 0.2) is 0 Å². The molecule has 0 radical (unpaired) electrons. The molecule has 2 rings (SSSR count). The van der Waals surface area contributed by atoms with Gasteiger partial charge in [0.1, 0.15) is 6.04 Å². The fraction of sp³-hybridized carbons (Fsp3) is 0.467. The molecule has 108 valence electrons. The molecule has 1 heterocycles. The van der Waals surface area contributed by atoms with Gasteiger partial charge in [-0.3, -0.25) is 4.79 Å². The number of amides is 1. The summed E-state index contributed by atoms with van der Waals surface area (Å²) in [6.45, 7) is 2.72. The van der Waals surface area contributed by atoms with Gasteiger partial charge in [-0.25, -0.2) is 4.79 Å². The highest BCUT2D eigenvalue weighted by atomic mass is 79.9. The predicted molar refractivity (Wildman–Crippen MR) is 79.5 cm³/mol. The number of esters is 1. The third-order valence-electron chi connectivity index (χ3n) is 3.43. The monoisotopic (exact) mass is 339 g/mol. The van der Waals surface area contributed by atoms with E-state index >= 15 is 0 Å². The topological polar surface area (TPSA) is 46.6 Å². The highest BCUT2D eigenvalue weighted by Crippen LogP contribution is 2.24. The van der Waals surface area contributed by atoms with Crippen molar-refractivity contribution in [1.82, 2.24) is 4.90 Å². The predicted octanol–water partition coefficient (Wildman–Crippen LogP) is 3.01. The Morgan fingerprint density at radius 1 is 1.35 bits per heavy atom. The molecule has 1 aromatic carbocycles. The molecule has 1 aliphatic heterocycles. The maximum absolute atomic E-state index is 12.6. The Kier molecular flexibility index (Phi) is 5.17. The Morgan fingerprint density at radius 3 is 2.80 bits per heavy atom. The van der Waals surface area contributed by atoms with E-state index in [0.717, 1.165) is 17.3 Å². The van der Waals surface area contributed by atoms with Crippen LogP contribution in [0.5, 0.6) is 0 Å². The molecule has 0 aromatic heterocycles. The molecular formula is C15H18BrNO3. The number of halogens is 1. The highest BCUT2D eigenvalue weighted by Gasteiger charge is 2.34. The second-order valence-electron chi connectivity index (χ2n) is 4.74. The zero-order valence-corrected chi connectivity index (χ0v) is 13.1. The van der Waals surface area contributed by atoms with Crippen molar-refractivity contribution in [1.29, 1.82) is 0 Å². The van der Waals surface area contributed by atoms with Crippen molar-refractivity contribution in [2.24, 2.45) is 0 Å². The summed E-state index contributed by atoms with van der Waals surface area (Å²) in [7, 11) is 0. The summed E-state index contributed by atoms with van der Waals surface area (Å²) in [6.07, 6.45) is 2.55. The minimum atomic E-state index is -0.455. The van der Waals surface area contributed by atoms with E-state index in [1.54, 1.807) is 17.9 Å². The van der Waals surface area contributed by atoms with E-state index in [1.165, 1.54) is 0 Å². The first kappa shape index (κ1) is 15.0. The lowest BCUT2D eigenvalue weighted by atomic mass is 10.0. The molecule has 20 heavy (non-hydrogen) atoms. The minimum absolute atomic E-state index is 0.116. The van der Waals surface area contributed by atoms with Crippen molar-refractivity contribution >= 4 is 27.8 Å². The van der Waals surface area contributed by atoms with Crippen molar-refractivity contribution in [3.8, 4) is 0 Å². The molecule has 1 unspecified atom stereocenters. The van der Waals surface area contributed by atoms with Crippen LogP contribution in [0.1, 0.15) is 36.5 Å². The summed E-state index contributed by atoms with van der Waals surface area (Å²) in [5, 5.41) is 0. The summed E-state index contributed by atoms with van der Waals surface area (Å²) in [4.78, 5) is 26.3. The van der Waals surface area contributed by atoms with Crippen LogP contribution in [0.15, 0.2) is 28.7 Å². The number of benzene rings is 1. The number of nitrogens with zero attached hydrogens (tertiary/aromatic N) is 1. The van der Waals surface area contributed by atoms with Crippen molar-refractivity contribution < 1.29 is 14.3 Å². The summed E-state index contributed by atoms with van der Waals surface area (Å²) in [5.41, 5.74) is 0.587. The fourth-order valence-electron chi connectivity index (χ4n) is 2.45. The van der Waals surface area contributed by atoms with E-state index in [-0.39, 0.29) is 11.9 Å². The third kappa shape index (κ3) is 3.20. The van der Waals surface area contributed by atoms with Crippen molar-refractivity contribution in [3.05, 3.63) is 34.3 Å². The number of rotatable bonds is 3. The van der Waals surface area contributed by atoms with Crippen LogP contribution in [0, 0.1) is 0 Å². The number of carbonyl (C=O) groups is 2. The first-order valence-corrected chi connectivity index (χ1v) is 7.66. The second-order valence-corrected chi connectivity index (χ2v) is 5.60. The molecule has 4 nitrogen and oxygen atoms in total. The minimum Gasteiger partial charge on any atom is -0.464 e. The first-order chi connectivity index (χ1) is 9.65. The van der Waals surface area contributed by atoms with Gasteiger partial charge in [-0.1, -0.05) is 12.1 Å². The summed E-state index contributed by atoms with van der Waals surface area (Å²) in [5.74, 6) is -0.414. The van der Waals surface area contributed by atoms with E-state index < -0.39 is 6.04 Å². The van der Waals surface area contributed by atoms with E-state index in [4.69, 9.17) is 4.74 Å². The van der Waals surface area contributed by atoms with Gasteiger partial charge in [-0.05, 0) is 54.2 Å². The summed E-state index contributed by atoms with van der Waals surface area (Å²) < 4.78 is 5.83. The SMILES string of the molecule is CCOC(=O)C1CCCCN1C(=O)c1ccccc1Br. The molecule has 0 aliphatic carbocycles. The highest BCUT2D eigenvalue weighted by molar-refractivity contribution is 9.10. The average Bonchev–Trinajstić information content (AvgIpc) is 2.47. The Balaban J connectivity index is 2.22. The molecular weight excluding hydrogens is 322 g/mol. The molecule has 0 N–H and O–H groups in total. The van der Waals surface area contributed by atoms with Crippen LogP contribution >= 0.6 is 15.9 Å². The number of carbonyl (C=O) groups excluding carboxylic acids is 2. The van der Waals surface area contributed by atoms with Gasteiger partial charge in [0.2, 0.25) is 0 Å². The Labute approximate surface area is 127 Å². The molecule has 1 aliphatic rings. The Hall–Kier alpha value is -1.36. The maximum atomic E-state index is 12.6. The Bertz CT molecular complexity index is 504. The fourth-order valence-corrected chi connectivity index (χ4v) is 2.90. The van der Waals surface area contributed by atoms with Crippen LogP contribution in [-0.2, 0) is 9.53 Å². The van der Waals surface area contributed by atoms with E-state index in [2.05, 4.69) is 15.9 Å². The van der Waals surface area contributed by atoms with Crippen LogP contribution in [0.3, 0.4) is 0 Å². The number of hydrogen-bond acceptors (Lipinski definition) is 3. The van der Waals surface area contributed by atoms with Gasteiger partial charge < -0.3 is 9.64 Å². The lowest BCUT2D eigenvalue weighted by molar-refractivity contribution is -0.149. The number of piperidine rings is 1. The average molecular weight is 340 g/mol. The van der Waals surface area contributed by atoms with E-state index in [1.807, 2.05) is 18.2 Å². The van der Waals surface area contributed by atoms with Crippen molar-refractivity contribution in [2.45, 2.75) is 32.2 Å². The van der Waals surface area contributed by atoms with Crippen LogP contribution < -0.4 is 0 Å². The zero-order chi connectivity index (χ0) is 14.5. The van der Waals surface area contributed by atoms with Gasteiger partial charge in [0.25, 0.3) is 5.91 Å². The number of likely N-dealkylation sites (tertiary alicyclic amines) is 1. The molecule has 1 amide bonds. The molecule has 5 heteroatoms. The molecule has 0 bridgehead atoms. The van der Waals surface area contributed by atoms with Gasteiger partial charge in [-0.15, -0.1) is 0 Å². The largest absolute Gasteiger partial charge is 0.464 e. The normalized spacial score (nSPS) is 18.7. The molecule has 1 atom stereocenters. The van der Waals surface area contributed by atoms with Crippen molar-refractivity contribution in [3.63, 3.8) is 0 Å². The second kappa shape index (κ2) is 6.88. The molecule has 0 saturated carbocycles. The van der Waals surface area contributed by atoms with Crippen molar-refractivity contribution in [2.75, 3.05) is 13.2 Å². The number of ether oxygens (including phenoxy) is 1. The quantitative estimate of drug-likeness (QED) is 0.795. The van der Waals surface area contributed by atoms with Crippen LogP contribution in [-0.4, -0.2) is 36.0 Å². The molecule has 1 saturated heterocycles. The molecule has 1 fully saturated rings. The standard InChI is InChI=1S/C15H18BrNO3/c1-2-20-15(19)13-9-5-6-10-17(13)14(18)11-7-3-4-8-12(11)16/h3-4,7-8,13H,2,5-6,9-10H2,1H3. The first-order valence-electron chi connectivity index (χ1n) is 6.87. The van der Waals surface area contributed by atoms with Gasteiger partial charge in [0, 0.05) is 11.0 Å². The Morgan fingerprint density at radius 2 is 2.10 bits per heavy atom. The van der Waals surface area contributed by atoms with Gasteiger partial charge in [0.05, 0.1) is 12.2 Å². The smallest absolute Gasteiger partial charge is 0.328 e. The zero-order valence-electron chi connectivity index (χ0n) is 11.5. The van der Waals surface area contributed by atoms with Crippen LogP contribution in [0.4, 0.5) is 0 Å².